The zero-order valence-corrected chi connectivity index (χ0v) is 13.1. The molecule has 0 saturated carbocycles. The van der Waals surface area contributed by atoms with Gasteiger partial charge in [0.05, 0.1) is 5.69 Å². The fourth-order valence-electron chi connectivity index (χ4n) is 2.60. The lowest BCUT2D eigenvalue weighted by Crippen LogP contribution is -2.33. The van der Waals surface area contributed by atoms with Gasteiger partial charge < -0.3 is 5.32 Å². The van der Waals surface area contributed by atoms with Gasteiger partial charge in [0, 0.05) is 25.2 Å². The van der Waals surface area contributed by atoms with E-state index in [1.165, 1.54) is 17.8 Å². The molecule has 0 aliphatic carbocycles. The minimum atomic E-state index is -0.182. The summed E-state index contributed by atoms with van der Waals surface area (Å²) in [5, 5.41) is 8.01. The van der Waals surface area contributed by atoms with Crippen LogP contribution >= 0.6 is 0 Å². The molecule has 0 bridgehead atoms. The fraction of sp³-hybridized carbons (Fsp3) is 0.471. The first kappa shape index (κ1) is 15.7. The van der Waals surface area contributed by atoms with Crippen molar-refractivity contribution in [2.75, 3.05) is 6.54 Å². The van der Waals surface area contributed by atoms with Crippen LogP contribution in [0.2, 0.25) is 0 Å². The molecule has 0 amide bonds. The molecule has 1 heterocycles. The van der Waals surface area contributed by atoms with Crippen molar-refractivity contribution in [3.8, 4) is 0 Å². The number of hydrogen-bond acceptors (Lipinski definition) is 2. The molecule has 0 saturated heterocycles. The van der Waals surface area contributed by atoms with Crippen LogP contribution in [0.3, 0.4) is 0 Å². The van der Waals surface area contributed by atoms with Crippen molar-refractivity contribution < 1.29 is 4.39 Å². The van der Waals surface area contributed by atoms with Gasteiger partial charge in [-0.3, -0.25) is 4.68 Å². The first-order valence-corrected chi connectivity index (χ1v) is 7.62. The highest BCUT2D eigenvalue weighted by molar-refractivity contribution is 5.18. The lowest BCUT2D eigenvalue weighted by molar-refractivity contribution is 0.504. The van der Waals surface area contributed by atoms with Crippen molar-refractivity contribution in [3.05, 3.63) is 53.1 Å². The van der Waals surface area contributed by atoms with Crippen molar-refractivity contribution >= 4 is 0 Å². The smallest absolute Gasteiger partial charge is 0.123 e. The summed E-state index contributed by atoms with van der Waals surface area (Å²) in [5.41, 5.74) is 3.52. The normalized spacial score (nSPS) is 12.6. The van der Waals surface area contributed by atoms with Crippen LogP contribution in [0, 0.1) is 5.82 Å². The number of likely N-dealkylation sites (N-methyl/N-ethyl adjacent to an activating group) is 1. The van der Waals surface area contributed by atoms with Crippen molar-refractivity contribution in [2.24, 2.45) is 7.05 Å². The molecule has 0 aliphatic rings. The highest BCUT2D eigenvalue weighted by Crippen LogP contribution is 2.12. The van der Waals surface area contributed by atoms with Crippen molar-refractivity contribution in [1.82, 2.24) is 15.1 Å². The Bertz CT molecular complexity index is 560. The van der Waals surface area contributed by atoms with Gasteiger partial charge in [0.25, 0.3) is 0 Å². The quantitative estimate of drug-likeness (QED) is 0.849. The molecule has 3 nitrogen and oxygen atoms in total. The molecule has 2 aromatic rings. The van der Waals surface area contributed by atoms with Crippen molar-refractivity contribution in [1.29, 1.82) is 0 Å². The maximum Gasteiger partial charge on any atom is 0.123 e. The number of nitrogens with zero attached hydrogens (tertiary/aromatic N) is 2. The number of benzene rings is 1. The highest BCUT2D eigenvalue weighted by atomic mass is 19.1. The van der Waals surface area contributed by atoms with Gasteiger partial charge in [-0.1, -0.05) is 26.0 Å². The zero-order chi connectivity index (χ0) is 15.2. The maximum atomic E-state index is 13.0. The SMILES string of the molecule is CCNC(Cc1ccc(F)cc1)Cc1cc(CC)nn1C. The van der Waals surface area contributed by atoms with Crippen LogP contribution in [-0.4, -0.2) is 22.4 Å². The third-order valence-electron chi connectivity index (χ3n) is 3.73. The van der Waals surface area contributed by atoms with E-state index in [0.717, 1.165) is 37.1 Å². The van der Waals surface area contributed by atoms with Gasteiger partial charge in [-0.25, -0.2) is 4.39 Å². The largest absolute Gasteiger partial charge is 0.314 e. The third kappa shape index (κ3) is 4.39. The summed E-state index contributed by atoms with van der Waals surface area (Å²) in [6.07, 6.45) is 2.77. The number of halogens is 1. The molecule has 0 radical (unpaired) electrons. The zero-order valence-electron chi connectivity index (χ0n) is 13.1. The second-order valence-corrected chi connectivity index (χ2v) is 5.39. The Hall–Kier alpha value is -1.68. The van der Waals surface area contributed by atoms with Crippen LogP contribution in [0.25, 0.3) is 0 Å². The molecular formula is C17H24FN3. The standard InChI is InChI=1S/C17H24FN3/c1-4-15-11-17(21(3)20-15)12-16(19-5-2)10-13-6-8-14(18)9-7-13/h6-9,11,16,19H,4-5,10,12H2,1-3H3. The summed E-state index contributed by atoms with van der Waals surface area (Å²) in [6, 6.07) is 9.28. The minimum absolute atomic E-state index is 0.182. The monoisotopic (exact) mass is 289 g/mol. The van der Waals surface area contributed by atoms with Crippen LogP contribution < -0.4 is 5.32 Å². The van der Waals surface area contributed by atoms with Crippen molar-refractivity contribution in [2.45, 2.75) is 39.2 Å². The number of rotatable bonds is 7. The summed E-state index contributed by atoms with van der Waals surface area (Å²) < 4.78 is 15.0. The lowest BCUT2D eigenvalue weighted by atomic mass is 10.0. The van der Waals surface area contributed by atoms with Crippen LogP contribution in [-0.2, 0) is 26.3 Å². The molecule has 114 valence electrons. The van der Waals surface area contributed by atoms with E-state index < -0.39 is 0 Å². The first-order valence-electron chi connectivity index (χ1n) is 7.62. The molecule has 0 aliphatic heterocycles. The van der Waals surface area contributed by atoms with Gasteiger partial charge in [0.2, 0.25) is 0 Å². The summed E-state index contributed by atoms with van der Waals surface area (Å²) in [5.74, 6) is -0.182. The van der Waals surface area contributed by atoms with E-state index in [1.807, 2.05) is 23.9 Å². The maximum absolute atomic E-state index is 13.0. The van der Waals surface area contributed by atoms with E-state index in [4.69, 9.17) is 0 Å². The Morgan fingerprint density at radius 3 is 2.48 bits per heavy atom. The third-order valence-corrected chi connectivity index (χ3v) is 3.73. The summed E-state index contributed by atoms with van der Waals surface area (Å²) in [6.45, 7) is 5.15. The van der Waals surface area contributed by atoms with Gasteiger partial charge in [0.15, 0.2) is 0 Å². The molecule has 21 heavy (non-hydrogen) atoms. The van der Waals surface area contributed by atoms with E-state index in [0.29, 0.717) is 6.04 Å². The lowest BCUT2D eigenvalue weighted by Gasteiger charge is -2.18. The Kier molecular flexibility index (Phi) is 5.51. The van der Waals surface area contributed by atoms with E-state index in [2.05, 4.69) is 30.3 Å². The number of aryl methyl sites for hydroxylation is 2. The first-order chi connectivity index (χ1) is 10.1. The number of hydrogen-bond donors (Lipinski definition) is 1. The molecule has 1 atom stereocenters. The second-order valence-electron chi connectivity index (χ2n) is 5.39. The van der Waals surface area contributed by atoms with Gasteiger partial charge in [-0.05, 0) is 43.1 Å². The van der Waals surface area contributed by atoms with Crippen molar-refractivity contribution in [3.63, 3.8) is 0 Å². The second kappa shape index (κ2) is 7.36. The summed E-state index contributed by atoms with van der Waals surface area (Å²) >= 11 is 0. The summed E-state index contributed by atoms with van der Waals surface area (Å²) in [7, 11) is 2.00. The van der Waals surface area contributed by atoms with Gasteiger partial charge in [0.1, 0.15) is 5.82 Å². The predicted octanol–water partition coefficient (Wildman–Crippen LogP) is 2.88. The van der Waals surface area contributed by atoms with Crippen LogP contribution in [0.1, 0.15) is 30.8 Å². The van der Waals surface area contributed by atoms with E-state index in [-0.39, 0.29) is 5.82 Å². The Labute approximate surface area is 126 Å². The summed E-state index contributed by atoms with van der Waals surface area (Å²) in [4.78, 5) is 0. The topological polar surface area (TPSA) is 29.9 Å². The molecule has 1 N–H and O–H groups in total. The number of aromatic nitrogens is 2. The molecule has 0 fully saturated rings. The molecule has 0 spiro atoms. The van der Waals surface area contributed by atoms with E-state index >= 15 is 0 Å². The van der Waals surface area contributed by atoms with Crippen LogP contribution in [0.5, 0.6) is 0 Å². The Balaban J connectivity index is 2.07. The van der Waals surface area contributed by atoms with Gasteiger partial charge in [-0.2, -0.15) is 5.10 Å². The molecule has 4 heteroatoms. The van der Waals surface area contributed by atoms with Gasteiger partial charge in [-0.15, -0.1) is 0 Å². The fourth-order valence-corrected chi connectivity index (χ4v) is 2.60. The predicted molar refractivity (Wildman–Crippen MR) is 83.9 cm³/mol. The molecule has 1 unspecified atom stereocenters. The van der Waals surface area contributed by atoms with E-state index in [1.54, 1.807) is 0 Å². The average molecular weight is 289 g/mol. The Morgan fingerprint density at radius 1 is 1.19 bits per heavy atom. The highest BCUT2D eigenvalue weighted by Gasteiger charge is 2.13. The molecule has 1 aromatic carbocycles. The molecule has 2 rings (SSSR count). The van der Waals surface area contributed by atoms with Crippen LogP contribution in [0.15, 0.2) is 30.3 Å². The molecule has 1 aromatic heterocycles. The average Bonchev–Trinajstić information content (AvgIpc) is 2.82. The number of nitrogens with one attached hydrogen (secondary N) is 1. The van der Waals surface area contributed by atoms with Gasteiger partial charge >= 0.3 is 0 Å². The van der Waals surface area contributed by atoms with E-state index in [9.17, 15) is 4.39 Å². The Morgan fingerprint density at radius 2 is 1.90 bits per heavy atom. The van der Waals surface area contributed by atoms with Crippen LogP contribution in [0.4, 0.5) is 4.39 Å². The minimum Gasteiger partial charge on any atom is -0.314 e. The molecular weight excluding hydrogens is 265 g/mol.